The topological polar surface area (TPSA) is 81.9 Å². The molecule has 3 N–H and O–H groups in total. The van der Waals surface area contributed by atoms with Gasteiger partial charge in [0.25, 0.3) is 0 Å². The van der Waals surface area contributed by atoms with Gasteiger partial charge in [0.2, 0.25) is 5.91 Å². The molecule has 25 heavy (non-hydrogen) atoms. The predicted molar refractivity (Wildman–Crippen MR) is 99.4 cm³/mol. The van der Waals surface area contributed by atoms with Gasteiger partial charge < -0.3 is 25.3 Å². The van der Waals surface area contributed by atoms with Crippen molar-refractivity contribution in [3.05, 3.63) is 24.2 Å². The molecule has 0 radical (unpaired) electrons. The molecular formula is C18H31N5O2. The molecule has 0 saturated carbocycles. The van der Waals surface area contributed by atoms with Crippen LogP contribution in [-0.2, 0) is 11.3 Å². The van der Waals surface area contributed by atoms with Gasteiger partial charge in [-0.25, -0.2) is 0 Å². The van der Waals surface area contributed by atoms with Crippen molar-refractivity contribution in [1.29, 1.82) is 0 Å². The molecule has 1 aromatic rings. The van der Waals surface area contributed by atoms with Gasteiger partial charge in [-0.2, -0.15) is 0 Å². The normalized spacial score (nSPS) is 16.3. The third kappa shape index (κ3) is 8.07. The number of hydrogen-bond acceptors (Lipinski definition) is 4. The molecule has 0 aliphatic carbocycles. The first-order chi connectivity index (χ1) is 12.3. The Morgan fingerprint density at radius 2 is 2.00 bits per heavy atom. The summed E-state index contributed by atoms with van der Waals surface area (Å²) in [5.41, 5.74) is 0. The number of furan rings is 1. The van der Waals surface area contributed by atoms with Gasteiger partial charge in [0.1, 0.15) is 5.76 Å². The van der Waals surface area contributed by atoms with Crippen molar-refractivity contribution in [1.82, 2.24) is 20.9 Å². The van der Waals surface area contributed by atoms with E-state index in [1.54, 1.807) is 19.4 Å². The first-order valence-electron chi connectivity index (χ1n) is 9.24. The number of rotatable bonds is 8. The van der Waals surface area contributed by atoms with Crippen molar-refractivity contribution in [3.63, 3.8) is 0 Å². The van der Waals surface area contributed by atoms with Crippen molar-refractivity contribution in [2.75, 3.05) is 39.8 Å². The number of carbonyl (C=O) groups is 1. The number of guanidine groups is 1. The highest BCUT2D eigenvalue weighted by Crippen LogP contribution is 2.09. The van der Waals surface area contributed by atoms with Gasteiger partial charge >= 0.3 is 0 Å². The molecule has 0 spiro atoms. The first kappa shape index (κ1) is 19.3. The zero-order valence-electron chi connectivity index (χ0n) is 15.2. The maximum Gasteiger partial charge on any atom is 0.239 e. The molecule has 2 heterocycles. The molecule has 1 fully saturated rings. The third-order valence-corrected chi connectivity index (χ3v) is 4.32. The molecule has 0 atom stereocenters. The number of nitrogens with zero attached hydrogens (tertiary/aromatic N) is 2. The van der Waals surface area contributed by atoms with E-state index < -0.39 is 0 Å². The maximum atomic E-state index is 11.8. The van der Waals surface area contributed by atoms with E-state index in [1.165, 1.54) is 38.8 Å². The van der Waals surface area contributed by atoms with E-state index in [1.807, 2.05) is 6.07 Å². The van der Waals surface area contributed by atoms with Crippen LogP contribution in [0.3, 0.4) is 0 Å². The minimum atomic E-state index is -0.0936. The lowest BCUT2D eigenvalue weighted by molar-refractivity contribution is -0.120. The second kappa shape index (κ2) is 11.5. The molecule has 7 nitrogen and oxygen atoms in total. The fourth-order valence-corrected chi connectivity index (χ4v) is 2.92. The number of likely N-dealkylation sites (tertiary alicyclic amines) is 1. The van der Waals surface area contributed by atoms with Crippen molar-refractivity contribution in [3.8, 4) is 0 Å². The van der Waals surface area contributed by atoms with Gasteiger partial charge in [-0.1, -0.05) is 12.8 Å². The third-order valence-electron chi connectivity index (χ3n) is 4.32. The first-order valence-corrected chi connectivity index (χ1v) is 9.24. The van der Waals surface area contributed by atoms with Gasteiger partial charge in [0.05, 0.1) is 19.4 Å². The molecule has 140 valence electrons. The number of carbonyl (C=O) groups excluding carboxylic acids is 1. The van der Waals surface area contributed by atoms with E-state index in [9.17, 15) is 4.79 Å². The van der Waals surface area contributed by atoms with Crippen LogP contribution in [0.4, 0.5) is 0 Å². The van der Waals surface area contributed by atoms with Crippen LogP contribution in [0.1, 0.15) is 37.9 Å². The van der Waals surface area contributed by atoms with Crippen LogP contribution >= 0.6 is 0 Å². The fourth-order valence-electron chi connectivity index (χ4n) is 2.92. The molecule has 7 heteroatoms. The number of aliphatic imine (C=N–C) groups is 1. The zero-order chi connectivity index (χ0) is 17.7. The molecule has 1 aliphatic rings. The minimum absolute atomic E-state index is 0.0936. The Labute approximate surface area is 150 Å². The summed E-state index contributed by atoms with van der Waals surface area (Å²) in [6.07, 6.45) is 8.05. The van der Waals surface area contributed by atoms with Gasteiger partial charge in [-0.3, -0.25) is 9.79 Å². The summed E-state index contributed by atoms with van der Waals surface area (Å²) in [5.74, 6) is 1.30. The fraction of sp³-hybridized carbons (Fsp3) is 0.667. The molecule has 1 aliphatic heterocycles. The van der Waals surface area contributed by atoms with Gasteiger partial charge in [-0.05, 0) is 51.0 Å². The molecule has 0 bridgehead atoms. The van der Waals surface area contributed by atoms with E-state index in [0.717, 1.165) is 25.3 Å². The van der Waals surface area contributed by atoms with Crippen molar-refractivity contribution in [2.45, 2.75) is 38.6 Å². The molecule has 1 aromatic heterocycles. The summed E-state index contributed by atoms with van der Waals surface area (Å²) in [6, 6.07) is 3.63. The lowest BCUT2D eigenvalue weighted by Gasteiger charge is -2.20. The van der Waals surface area contributed by atoms with Crippen LogP contribution in [0.5, 0.6) is 0 Å². The highest BCUT2D eigenvalue weighted by Gasteiger charge is 2.08. The van der Waals surface area contributed by atoms with Crippen LogP contribution in [0.15, 0.2) is 27.8 Å². The number of amides is 1. The SMILES string of the molecule is CN=C(NCCCN1CCCCCC1)NCC(=O)NCc1ccco1. The van der Waals surface area contributed by atoms with Gasteiger partial charge in [0.15, 0.2) is 5.96 Å². The second-order valence-corrected chi connectivity index (χ2v) is 6.32. The van der Waals surface area contributed by atoms with Crippen LogP contribution in [-0.4, -0.2) is 56.5 Å². The Hall–Kier alpha value is -2.02. The number of nitrogens with one attached hydrogen (secondary N) is 3. The minimum Gasteiger partial charge on any atom is -0.467 e. The molecule has 2 rings (SSSR count). The maximum absolute atomic E-state index is 11.8. The monoisotopic (exact) mass is 349 g/mol. The summed E-state index contributed by atoms with van der Waals surface area (Å²) >= 11 is 0. The summed E-state index contributed by atoms with van der Waals surface area (Å²) in [5, 5.41) is 9.09. The van der Waals surface area contributed by atoms with Gasteiger partial charge in [0, 0.05) is 13.6 Å². The summed E-state index contributed by atoms with van der Waals surface area (Å²) in [4.78, 5) is 18.5. The van der Waals surface area contributed by atoms with Crippen molar-refractivity contribution < 1.29 is 9.21 Å². The highest BCUT2D eigenvalue weighted by atomic mass is 16.3. The van der Waals surface area contributed by atoms with E-state index in [-0.39, 0.29) is 12.5 Å². The van der Waals surface area contributed by atoms with E-state index >= 15 is 0 Å². The van der Waals surface area contributed by atoms with Crippen molar-refractivity contribution in [2.24, 2.45) is 4.99 Å². The Balaban J connectivity index is 1.54. The van der Waals surface area contributed by atoms with Crippen molar-refractivity contribution >= 4 is 11.9 Å². The summed E-state index contributed by atoms with van der Waals surface area (Å²) < 4.78 is 5.18. The molecule has 0 unspecified atom stereocenters. The summed E-state index contributed by atoms with van der Waals surface area (Å²) in [6.45, 7) is 5.01. The Morgan fingerprint density at radius 1 is 1.20 bits per heavy atom. The lowest BCUT2D eigenvalue weighted by Crippen LogP contribution is -2.43. The second-order valence-electron chi connectivity index (χ2n) is 6.32. The smallest absolute Gasteiger partial charge is 0.239 e. The van der Waals surface area contributed by atoms with Crippen LogP contribution < -0.4 is 16.0 Å². The Morgan fingerprint density at radius 3 is 2.68 bits per heavy atom. The standard InChI is InChI=1S/C18H31N5O2/c1-19-18(20-9-7-12-23-10-4-2-3-5-11-23)22-15-17(24)21-14-16-8-6-13-25-16/h6,8,13H,2-5,7,9-12,14-15H2,1H3,(H,21,24)(H2,19,20,22). The zero-order valence-corrected chi connectivity index (χ0v) is 15.2. The Kier molecular flexibility index (Phi) is 8.90. The highest BCUT2D eigenvalue weighted by molar-refractivity contribution is 5.86. The largest absolute Gasteiger partial charge is 0.467 e. The van der Waals surface area contributed by atoms with E-state index in [2.05, 4.69) is 25.8 Å². The van der Waals surface area contributed by atoms with Crippen LogP contribution in [0.2, 0.25) is 0 Å². The van der Waals surface area contributed by atoms with E-state index in [0.29, 0.717) is 12.5 Å². The van der Waals surface area contributed by atoms with Gasteiger partial charge in [-0.15, -0.1) is 0 Å². The average molecular weight is 349 g/mol. The summed E-state index contributed by atoms with van der Waals surface area (Å²) in [7, 11) is 1.71. The van der Waals surface area contributed by atoms with E-state index in [4.69, 9.17) is 4.42 Å². The Bertz CT molecular complexity index is 508. The average Bonchev–Trinajstić information content (AvgIpc) is 3.02. The van der Waals surface area contributed by atoms with Crippen LogP contribution in [0.25, 0.3) is 0 Å². The number of hydrogen-bond donors (Lipinski definition) is 3. The lowest BCUT2D eigenvalue weighted by atomic mass is 10.2. The molecular weight excluding hydrogens is 318 g/mol. The predicted octanol–water partition coefficient (Wildman–Crippen LogP) is 1.33. The molecule has 1 amide bonds. The molecule has 0 aromatic carbocycles. The molecule has 1 saturated heterocycles. The van der Waals surface area contributed by atoms with Crippen LogP contribution in [0, 0.1) is 0 Å². The quantitative estimate of drug-likeness (QED) is 0.375.